The Bertz CT molecular complexity index is 498. The van der Waals surface area contributed by atoms with Gasteiger partial charge in [0.05, 0.1) is 6.04 Å². The smallest absolute Gasteiger partial charge is 0.220 e. The molecule has 0 aliphatic heterocycles. The van der Waals surface area contributed by atoms with E-state index < -0.39 is 5.97 Å². The van der Waals surface area contributed by atoms with E-state index in [4.69, 9.17) is 0 Å². The van der Waals surface area contributed by atoms with Gasteiger partial charge in [-0.15, -0.1) is 0 Å². The molecule has 0 unspecified atom stereocenters. The van der Waals surface area contributed by atoms with E-state index in [1.165, 1.54) is 11.1 Å². The van der Waals surface area contributed by atoms with Crippen LogP contribution in [0, 0.1) is 5.92 Å². The Hall–Kier alpha value is -1.84. The van der Waals surface area contributed by atoms with Crippen LogP contribution in [0.1, 0.15) is 49.8 Å². The second-order valence-electron chi connectivity index (χ2n) is 5.60. The lowest BCUT2D eigenvalue weighted by Gasteiger charge is -2.26. The van der Waals surface area contributed by atoms with E-state index in [0.717, 1.165) is 19.3 Å². The van der Waals surface area contributed by atoms with Crippen LogP contribution in [0.15, 0.2) is 24.3 Å². The summed E-state index contributed by atoms with van der Waals surface area (Å²) in [5.41, 5.74) is 2.49. The molecule has 20 heavy (non-hydrogen) atoms. The summed E-state index contributed by atoms with van der Waals surface area (Å²) < 4.78 is 0. The number of hydrogen-bond acceptors (Lipinski definition) is 3. The van der Waals surface area contributed by atoms with Crippen LogP contribution in [0.3, 0.4) is 0 Å². The van der Waals surface area contributed by atoms with E-state index in [9.17, 15) is 14.7 Å². The van der Waals surface area contributed by atoms with Gasteiger partial charge in [0.15, 0.2) is 0 Å². The molecule has 108 valence electrons. The lowest BCUT2D eigenvalue weighted by atomic mass is 9.87. The standard InChI is InChI=1S/C16H21NO3/c1-11(10-16(19)20)9-15(18)17-14-8-4-6-12-5-2-3-7-13(12)14/h2-3,5,7,11,14H,4,6,8-10H2,1H3,(H,17,18)(H,19,20)/p-1/t11-,14-/m1/s1. The van der Waals surface area contributed by atoms with E-state index in [1.807, 2.05) is 12.1 Å². The van der Waals surface area contributed by atoms with Crippen molar-refractivity contribution in [1.82, 2.24) is 5.32 Å². The summed E-state index contributed by atoms with van der Waals surface area (Å²) in [7, 11) is 0. The van der Waals surface area contributed by atoms with Gasteiger partial charge in [-0.3, -0.25) is 4.79 Å². The van der Waals surface area contributed by atoms with Gasteiger partial charge in [0.1, 0.15) is 0 Å². The lowest BCUT2D eigenvalue weighted by molar-refractivity contribution is -0.306. The van der Waals surface area contributed by atoms with Crippen molar-refractivity contribution in [1.29, 1.82) is 0 Å². The summed E-state index contributed by atoms with van der Waals surface area (Å²) in [5.74, 6) is -1.38. The van der Waals surface area contributed by atoms with Crippen molar-refractivity contribution in [2.24, 2.45) is 5.92 Å². The van der Waals surface area contributed by atoms with Crippen LogP contribution in [0.4, 0.5) is 0 Å². The zero-order valence-electron chi connectivity index (χ0n) is 11.7. The van der Waals surface area contributed by atoms with Gasteiger partial charge >= 0.3 is 0 Å². The molecule has 1 N–H and O–H groups in total. The SMILES string of the molecule is C[C@@H](CC(=O)[O-])CC(=O)N[C@@H]1CCCc2ccccc21. The molecule has 0 heterocycles. The van der Waals surface area contributed by atoms with Crippen molar-refractivity contribution in [3.63, 3.8) is 0 Å². The number of carbonyl (C=O) groups excluding carboxylic acids is 2. The van der Waals surface area contributed by atoms with Crippen molar-refractivity contribution in [3.8, 4) is 0 Å². The maximum Gasteiger partial charge on any atom is 0.220 e. The second-order valence-corrected chi connectivity index (χ2v) is 5.60. The number of hydrogen-bond donors (Lipinski definition) is 1. The van der Waals surface area contributed by atoms with Crippen molar-refractivity contribution >= 4 is 11.9 Å². The van der Waals surface area contributed by atoms with Crippen molar-refractivity contribution in [3.05, 3.63) is 35.4 Å². The fourth-order valence-corrected chi connectivity index (χ4v) is 2.83. The minimum absolute atomic E-state index is 0.0580. The van der Waals surface area contributed by atoms with Crippen LogP contribution in [-0.2, 0) is 16.0 Å². The molecule has 2 rings (SSSR count). The highest BCUT2D eigenvalue weighted by atomic mass is 16.4. The molecule has 0 fully saturated rings. The monoisotopic (exact) mass is 274 g/mol. The largest absolute Gasteiger partial charge is 0.550 e. The Balaban J connectivity index is 1.94. The lowest BCUT2D eigenvalue weighted by Crippen LogP contribution is -2.33. The first kappa shape index (κ1) is 14.6. The Labute approximate surface area is 119 Å². The Kier molecular flexibility index (Phi) is 4.77. The Morgan fingerprint density at radius 2 is 2.10 bits per heavy atom. The number of aryl methyl sites for hydroxylation is 1. The highest BCUT2D eigenvalue weighted by Gasteiger charge is 2.21. The van der Waals surface area contributed by atoms with Gasteiger partial charge in [-0.05, 0) is 42.7 Å². The first-order chi connectivity index (χ1) is 9.56. The highest BCUT2D eigenvalue weighted by Crippen LogP contribution is 2.29. The number of fused-ring (bicyclic) bond motifs is 1. The molecule has 0 bridgehead atoms. The van der Waals surface area contributed by atoms with Gasteiger partial charge in [0, 0.05) is 12.4 Å². The third-order valence-corrected chi connectivity index (χ3v) is 3.75. The van der Waals surface area contributed by atoms with Crippen LogP contribution in [0.5, 0.6) is 0 Å². The third-order valence-electron chi connectivity index (χ3n) is 3.75. The summed E-state index contributed by atoms with van der Waals surface area (Å²) in [4.78, 5) is 22.5. The van der Waals surface area contributed by atoms with Crippen LogP contribution in [0.2, 0.25) is 0 Å². The Morgan fingerprint density at radius 1 is 1.35 bits per heavy atom. The number of carbonyl (C=O) groups is 2. The van der Waals surface area contributed by atoms with E-state index in [1.54, 1.807) is 6.92 Å². The molecular weight excluding hydrogens is 254 g/mol. The van der Waals surface area contributed by atoms with Crippen LogP contribution in [0.25, 0.3) is 0 Å². The van der Waals surface area contributed by atoms with E-state index in [2.05, 4.69) is 17.4 Å². The maximum atomic E-state index is 12.0. The molecule has 4 nitrogen and oxygen atoms in total. The number of amides is 1. The summed E-state index contributed by atoms with van der Waals surface area (Å²) >= 11 is 0. The minimum Gasteiger partial charge on any atom is -0.550 e. The van der Waals surface area contributed by atoms with Gasteiger partial charge in [0.25, 0.3) is 0 Å². The zero-order valence-corrected chi connectivity index (χ0v) is 11.7. The van der Waals surface area contributed by atoms with Gasteiger partial charge in [-0.2, -0.15) is 0 Å². The van der Waals surface area contributed by atoms with Gasteiger partial charge in [-0.1, -0.05) is 31.2 Å². The Morgan fingerprint density at radius 3 is 2.85 bits per heavy atom. The number of nitrogens with one attached hydrogen (secondary N) is 1. The zero-order chi connectivity index (χ0) is 14.5. The summed E-state index contributed by atoms with van der Waals surface area (Å²) in [5, 5.41) is 13.5. The summed E-state index contributed by atoms with van der Waals surface area (Å²) in [6.45, 7) is 1.75. The number of aliphatic carboxylic acids is 1. The number of benzene rings is 1. The molecule has 1 amide bonds. The van der Waals surface area contributed by atoms with Crippen LogP contribution in [-0.4, -0.2) is 11.9 Å². The number of carboxylic acid groups (broad SMARTS) is 1. The van der Waals surface area contributed by atoms with E-state index in [-0.39, 0.29) is 30.7 Å². The molecule has 0 spiro atoms. The first-order valence-corrected chi connectivity index (χ1v) is 7.13. The minimum atomic E-state index is -1.10. The second kappa shape index (κ2) is 6.55. The molecule has 0 aromatic heterocycles. The average Bonchev–Trinajstić information content (AvgIpc) is 2.38. The normalized spacial score (nSPS) is 18.9. The first-order valence-electron chi connectivity index (χ1n) is 7.13. The fraction of sp³-hybridized carbons (Fsp3) is 0.500. The number of rotatable bonds is 5. The molecule has 0 radical (unpaired) electrons. The molecule has 0 saturated carbocycles. The predicted octanol–water partition coefficient (Wildman–Crippen LogP) is 1.35. The summed E-state index contributed by atoms with van der Waals surface area (Å²) in [6.07, 6.45) is 3.22. The molecule has 0 saturated heterocycles. The maximum absolute atomic E-state index is 12.0. The van der Waals surface area contributed by atoms with Crippen LogP contribution < -0.4 is 10.4 Å². The highest BCUT2D eigenvalue weighted by molar-refractivity contribution is 5.77. The fourth-order valence-electron chi connectivity index (χ4n) is 2.83. The number of carboxylic acids is 1. The topological polar surface area (TPSA) is 69.2 Å². The van der Waals surface area contributed by atoms with Crippen molar-refractivity contribution in [2.75, 3.05) is 0 Å². The molecule has 1 aromatic carbocycles. The van der Waals surface area contributed by atoms with Gasteiger partial charge in [-0.25, -0.2) is 0 Å². The van der Waals surface area contributed by atoms with Gasteiger partial charge < -0.3 is 15.2 Å². The molecule has 1 aromatic rings. The quantitative estimate of drug-likeness (QED) is 0.881. The molecule has 2 atom stereocenters. The average molecular weight is 274 g/mol. The molecule has 1 aliphatic rings. The molecule has 4 heteroatoms. The molecular formula is C16H20NO3-. The van der Waals surface area contributed by atoms with Crippen LogP contribution >= 0.6 is 0 Å². The van der Waals surface area contributed by atoms with Crippen molar-refractivity contribution < 1.29 is 14.7 Å². The van der Waals surface area contributed by atoms with Crippen molar-refractivity contribution in [2.45, 2.75) is 45.1 Å². The predicted molar refractivity (Wildman–Crippen MR) is 73.7 cm³/mol. The summed E-state index contributed by atoms with van der Waals surface area (Å²) in [6, 6.07) is 8.23. The molecule has 1 aliphatic carbocycles. The third kappa shape index (κ3) is 3.83. The van der Waals surface area contributed by atoms with E-state index >= 15 is 0 Å². The van der Waals surface area contributed by atoms with Gasteiger partial charge in [0.2, 0.25) is 5.91 Å². The van der Waals surface area contributed by atoms with E-state index in [0.29, 0.717) is 0 Å².